The molecule has 0 fully saturated rings. The molecule has 0 amide bonds. The molecule has 0 radical (unpaired) electrons. The number of carbonyl (C=O) groups excluding carboxylic acids is 2. The molecule has 1 aromatic carbocycles. The zero-order chi connectivity index (χ0) is 16.0. The lowest BCUT2D eigenvalue weighted by Gasteiger charge is -2.09. The van der Waals surface area contributed by atoms with E-state index in [9.17, 15) is 19.7 Å². The summed E-state index contributed by atoms with van der Waals surface area (Å²) in [7, 11) is 2.26. The molecule has 8 heteroatoms. The Hall–Kier alpha value is -2.90. The zero-order valence-electron chi connectivity index (χ0n) is 11.7. The highest BCUT2D eigenvalue weighted by atomic mass is 16.6. The first-order chi connectivity index (χ1) is 9.88. The SMILES string of the molecule is COC(=O)/C=C(\Nc1ccc(C)cc1[N+](=O)[O-])C(=O)OC. The second kappa shape index (κ2) is 7.04. The van der Waals surface area contributed by atoms with Crippen LogP contribution in [0.25, 0.3) is 0 Å². The molecule has 0 spiro atoms. The maximum atomic E-state index is 11.6. The highest BCUT2D eigenvalue weighted by Gasteiger charge is 2.19. The van der Waals surface area contributed by atoms with Crippen molar-refractivity contribution in [1.29, 1.82) is 0 Å². The Bertz CT molecular complexity index is 609. The predicted molar refractivity (Wildman–Crippen MR) is 73.6 cm³/mol. The first-order valence-electron chi connectivity index (χ1n) is 5.79. The molecule has 1 aromatic rings. The first-order valence-corrected chi connectivity index (χ1v) is 5.79. The Morgan fingerprint density at radius 1 is 1.29 bits per heavy atom. The number of rotatable bonds is 5. The Morgan fingerprint density at radius 3 is 2.48 bits per heavy atom. The van der Waals surface area contributed by atoms with Gasteiger partial charge in [0.15, 0.2) is 0 Å². The number of nitro benzene ring substituents is 1. The Kier molecular flexibility index (Phi) is 5.41. The average Bonchev–Trinajstić information content (AvgIpc) is 2.46. The predicted octanol–water partition coefficient (Wildman–Crippen LogP) is 1.55. The largest absolute Gasteiger partial charge is 0.466 e. The zero-order valence-corrected chi connectivity index (χ0v) is 11.7. The summed E-state index contributed by atoms with van der Waals surface area (Å²) in [5.41, 5.74) is 0.251. The minimum atomic E-state index is -0.852. The number of methoxy groups -OCH3 is 2. The van der Waals surface area contributed by atoms with Crippen LogP contribution in [0.4, 0.5) is 11.4 Å². The minimum Gasteiger partial charge on any atom is -0.466 e. The topological polar surface area (TPSA) is 108 Å². The van der Waals surface area contributed by atoms with Crippen molar-refractivity contribution in [2.75, 3.05) is 19.5 Å². The van der Waals surface area contributed by atoms with Gasteiger partial charge in [-0.2, -0.15) is 0 Å². The molecule has 112 valence electrons. The standard InChI is InChI=1S/C13H14N2O6/c1-8-4-5-9(11(6-8)15(18)19)14-10(13(17)21-3)7-12(16)20-2/h4-7,14H,1-3H3/b10-7-. The van der Waals surface area contributed by atoms with E-state index in [-0.39, 0.29) is 17.1 Å². The fraction of sp³-hybridized carbons (Fsp3) is 0.231. The highest BCUT2D eigenvalue weighted by Crippen LogP contribution is 2.26. The van der Waals surface area contributed by atoms with Gasteiger partial charge in [0.05, 0.1) is 25.2 Å². The van der Waals surface area contributed by atoms with E-state index in [2.05, 4.69) is 14.8 Å². The molecular weight excluding hydrogens is 280 g/mol. The van der Waals surface area contributed by atoms with E-state index in [4.69, 9.17) is 0 Å². The smallest absolute Gasteiger partial charge is 0.354 e. The summed E-state index contributed by atoms with van der Waals surface area (Å²) in [4.78, 5) is 33.2. The average molecular weight is 294 g/mol. The van der Waals surface area contributed by atoms with E-state index < -0.39 is 16.9 Å². The number of ether oxygens (including phenoxy) is 2. The van der Waals surface area contributed by atoms with E-state index in [1.807, 2.05) is 0 Å². The normalized spacial score (nSPS) is 10.7. The summed E-state index contributed by atoms with van der Waals surface area (Å²) in [6.45, 7) is 1.70. The van der Waals surface area contributed by atoms with Gasteiger partial charge in [0.2, 0.25) is 0 Å². The number of esters is 2. The van der Waals surface area contributed by atoms with Crippen molar-refractivity contribution < 1.29 is 24.0 Å². The van der Waals surface area contributed by atoms with Gasteiger partial charge in [-0.1, -0.05) is 6.07 Å². The molecule has 0 bridgehead atoms. The summed E-state index contributed by atoms with van der Waals surface area (Å²) in [6, 6.07) is 4.40. The molecular formula is C13H14N2O6. The van der Waals surface area contributed by atoms with E-state index in [1.54, 1.807) is 13.0 Å². The van der Waals surface area contributed by atoms with Crippen LogP contribution in [0.1, 0.15) is 5.56 Å². The van der Waals surface area contributed by atoms with Gasteiger partial charge >= 0.3 is 11.9 Å². The molecule has 8 nitrogen and oxygen atoms in total. The van der Waals surface area contributed by atoms with Gasteiger partial charge in [-0.15, -0.1) is 0 Å². The van der Waals surface area contributed by atoms with E-state index >= 15 is 0 Å². The fourth-order valence-electron chi connectivity index (χ4n) is 1.48. The molecule has 0 atom stereocenters. The first kappa shape index (κ1) is 16.2. The van der Waals surface area contributed by atoms with Crippen LogP contribution in [0.5, 0.6) is 0 Å². The number of anilines is 1. The third-order valence-corrected chi connectivity index (χ3v) is 2.49. The number of carbonyl (C=O) groups is 2. The van der Waals surface area contributed by atoms with Crippen molar-refractivity contribution >= 4 is 23.3 Å². The van der Waals surface area contributed by atoms with E-state index in [1.165, 1.54) is 12.1 Å². The number of nitrogens with zero attached hydrogens (tertiary/aromatic N) is 1. The van der Waals surface area contributed by atoms with Gasteiger partial charge in [-0.25, -0.2) is 9.59 Å². The molecule has 0 saturated carbocycles. The number of nitro groups is 1. The van der Waals surface area contributed by atoms with Crippen molar-refractivity contribution in [2.24, 2.45) is 0 Å². The number of benzene rings is 1. The van der Waals surface area contributed by atoms with Crippen LogP contribution in [-0.2, 0) is 19.1 Å². The third kappa shape index (κ3) is 4.30. The quantitative estimate of drug-likeness (QED) is 0.380. The highest BCUT2D eigenvalue weighted by molar-refractivity contribution is 5.99. The molecule has 0 aliphatic carbocycles. The molecule has 1 rings (SSSR count). The third-order valence-electron chi connectivity index (χ3n) is 2.49. The monoisotopic (exact) mass is 294 g/mol. The summed E-state index contributed by atoms with van der Waals surface area (Å²) in [5, 5.41) is 13.5. The van der Waals surface area contributed by atoms with Gasteiger partial charge in [0.25, 0.3) is 5.69 Å². The minimum absolute atomic E-state index is 0.0613. The summed E-state index contributed by atoms with van der Waals surface area (Å²) in [5.74, 6) is -1.65. The lowest BCUT2D eigenvalue weighted by atomic mass is 10.2. The number of nitrogens with one attached hydrogen (secondary N) is 1. The molecule has 0 saturated heterocycles. The number of aryl methyl sites for hydroxylation is 1. The second-order valence-electron chi connectivity index (χ2n) is 3.98. The fourth-order valence-corrected chi connectivity index (χ4v) is 1.48. The van der Waals surface area contributed by atoms with Gasteiger partial charge in [-0.3, -0.25) is 10.1 Å². The molecule has 0 unspecified atom stereocenters. The van der Waals surface area contributed by atoms with Crippen molar-refractivity contribution in [3.8, 4) is 0 Å². The van der Waals surface area contributed by atoms with Crippen LogP contribution in [0.15, 0.2) is 30.0 Å². The molecule has 0 aliphatic heterocycles. The Morgan fingerprint density at radius 2 is 1.95 bits per heavy atom. The van der Waals surface area contributed by atoms with E-state index in [0.717, 1.165) is 20.3 Å². The van der Waals surface area contributed by atoms with Crippen molar-refractivity contribution in [3.63, 3.8) is 0 Å². The Labute approximate surface area is 120 Å². The van der Waals surface area contributed by atoms with Gasteiger partial charge < -0.3 is 14.8 Å². The van der Waals surface area contributed by atoms with Crippen molar-refractivity contribution in [1.82, 2.24) is 0 Å². The molecule has 1 N–H and O–H groups in total. The molecule has 21 heavy (non-hydrogen) atoms. The van der Waals surface area contributed by atoms with Crippen LogP contribution in [0.3, 0.4) is 0 Å². The van der Waals surface area contributed by atoms with Gasteiger partial charge in [0.1, 0.15) is 11.4 Å². The van der Waals surface area contributed by atoms with Crippen LogP contribution in [-0.4, -0.2) is 31.1 Å². The summed E-state index contributed by atoms with van der Waals surface area (Å²) < 4.78 is 8.92. The van der Waals surface area contributed by atoms with Crippen molar-refractivity contribution in [2.45, 2.75) is 6.92 Å². The van der Waals surface area contributed by atoms with Crippen LogP contribution in [0, 0.1) is 17.0 Å². The molecule has 0 aromatic heterocycles. The van der Waals surface area contributed by atoms with Gasteiger partial charge in [0, 0.05) is 6.07 Å². The summed E-state index contributed by atoms with van der Waals surface area (Å²) in [6.07, 6.45) is 0.857. The van der Waals surface area contributed by atoms with Crippen LogP contribution >= 0.6 is 0 Å². The molecule has 0 aliphatic rings. The van der Waals surface area contributed by atoms with E-state index in [0.29, 0.717) is 5.56 Å². The maximum absolute atomic E-state index is 11.6. The van der Waals surface area contributed by atoms with Gasteiger partial charge in [-0.05, 0) is 18.6 Å². The summed E-state index contributed by atoms with van der Waals surface area (Å²) >= 11 is 0. The lowest BCUT2D eigenvalue weighted by Crippen LogP contribution is -2.16. The van der Waals surface area contributed by atoms with Crippen LogP contribution < -0.4 is 5.32 Å². The van der Waals surface area contributed by atoms with Crippen molar-refractivity contribution in [3.05, 3.63) is 45.6 Å². The number of hydrogen-bond donors (Lipinski definition) is 1. The van der Waals surface area contributed by atoms with Crippen LogP contribution in [0.2, 0.25) is 0 Å². The Balaban J connectivity index is 3.21. The second-order valence-corrected chi connectivity index (χ2v) is 3.98. The lowest BCUT2D eigenvalue weighted by molar-refractivity contribution is -0.384. The molecule has 0 heterocycles. The maximum Gasteiger partial charge on any atom is 0.354 e. The number of hydrogen-bond acceptors (Lipinski definition) is 7.